The van der Waals surface area contributed by atoms with Gasteiger partial charge in [-0.25, -0.2) is 0 Å². The molecule has 81 heavy (non-hydrogen) atoms. The molecule has 0 atom stereocenters. The summed E-state index contributed by atoms with van der Waals surface area (Å²) in [7, 11) is 0. The zero-order chi connectivity index (χ0) is 49.3. The Kier molecular flexibility index (Phi) is 39.3. The monoisotopic (exact) mass is 1200 g/mol. The predicted molar refractivity (Wildman–Crippen MR) is 324 cm³/mol. The maximum atomic E-state index is 3.13. The van der Waals surface area contributed by atoms with E-state index in [0.29, 0.717) is 0 Å². The Morgan fingerprint density at radius 3 is 0.864 bits per heavy atom. The summed E-state index contributed by atoms with van der Waals surface area (Å²) in [5.41, 5.74) is 13.2. The van der Waals surface area contributed by atoms with E-state index >= 15 is 0 Å². The summed E-state index contributed by atoms with van der Waals surface area (Å²) in [4.78, 5) is 0. The smallest absolute Gasteiger partial charge is 0.184 e. The van der Waals surface area contributed by atoms with Crippen molar-refractivity contribution in [3.05, 3.63) is 324 Å². The topological polar surface area (TPSA) is 0 Å². The van der Waals surface area contributed by atoms with Gasteiger partial charge < -0.3 is 0 Å². The van der Waals surface area contributed by atoms with E-state index in [4.69, 9.17) is 0 Å². The van der Waals surface area contributed by atoms with Crippen LogP contribution >= 0.6 is 0 Å². The Hall–Kier alpha value is 1.50. The number of benzene rings is 12. The van der Waals surface area contributed by atoms with E-state index in [0.717, 1.165) is 12.8 Å². The Balaban J connectivity index is 0.000000582. The van der Waals surface area contributed by atoms with Crippen LogP contribution in [0.2, 0.25) is 0 Å². The van der Waals surface area contributed by atoms with Crippen LogP contribution < -0.4 is 308 Å². The van der Waals surface area contributed by atoms with E-state index in [2.05, 4.69) is 234 Å². The van der Waals surface area contributed by atoms with Crippen LogP contribution in [0.5, 0.6) is 0 Å². The summed E-state index contributed by atoms with van der Waals surface area (Å²) < 4.78 is 0. The van der Waals surface area contributed by atoms with Gasteiger partial charge in [0.1, 0.15) is 0 Å². The molecule has 0 unspecified atom stereocenters. The first kappa shape index (κ1) is 80.5. The first-order valence-electron chi connectivity index (χ1n) is 24.9. The second-order valence-electron chi connectivity index (χ2n) is 19.6. The van der Waals surface area contributed by atoms with Crippen molar-refractivity contribution in [3.8, 4) is 11.1 Å². The van der Waals surface area contributed by atoms with Crippen molar-refractivity contribution in [2.45, 2.75) is 73.6 Å². The molecule has 0 amide bonds. The fourth-order valence-corrected chi connectivity index (χ4v) is 10.0. The molecule has 0 aliphatic heterocycles. The number of hydrogen-bond acceptors (Lipinski definition) is 0. The van der Waals surface area contributed by atoms with Gasteiger partial charge in [0, 0.05) is 0 Å². The van der Waals surface area contributed by atoms with Crippen LogP contribution in [0.3, 0.4) is 0 Å². The third kappa shape index (κ3) is 20.8. The summed E-state index contributed by atoms with van der Waals surface area (Å²) in [6.45, 7) is 9.09. The maximum Gasteiger partial charge on any atom is 1.00 e. The summed E-state index contributed by atoms with van der Waals surface area (Å²) in [5.74, 6) is 0. The van der Waals surface area contributed by atoms with Crippen LogP contribution in [-0.4, -0.2) is 0 Å². The molecular weight excluding hydrogens is 1140 g/mol. The maximum absolute atomic E-state index is 3.13. The molecule has 0 radical (unpaired) electrons. The Morgan fingerprint density at radius 1 is 0.284 bits per heavy atom. The molecule has 0 nitrogen and oxygen atoms in total. The molecule has 6 heteroatoms. The first-order chi connectivity index (χ1) is 35.2. The average molecular weight is 1200 g/mol. The van der Waals surface area contributed by atoms with Gasteiger partial charge >= 0.3 is 308 Å². The third-order valence-electron chi connectivity index (χ3n) is 14.4. The van der Waals surface area contributed by atoms with E-state index in [-0.39, 0.29) is 341 Å². The van der Waals surface area contributed by atoms with Gasteiger partial charge in [-0.1, -0.05) is 147 Å². The molecule has 0 aliphatic carbocycles. The summed E-state index contributed by atoms with van der Waals surface area (Å²) in [6, 6.07) is 104. The number of fused-ring (bicyclic) bond motifs is 4. The molecular formula is C75H68K6. The molecule has 0 saturated heterocycles. The Bertz CT molecular complexity index is 3430. The minimum absolute atomic E-state index is 0. The fraction of sp³-hybridized carbons (Fsp3) is 0.147. The largest absolute Gasteiger partial charge is 1.00 e. The molecule has 0 aromatic heterocycles. The van der Waals surface area contributed by atoms with Crippen LogP contribution in [0.1, 0.15) is 94.5 Å². The third-order valence-corrected chi connectivity index (χ3v) is 14.4. The molecule has 374 valence electrons. The van der Waals surface area contributed by atoms with Crippen molar-refractivity contribution in [3.63, 3.8) is 0 Å². The van der Waals surface area contributed by atoms with Crippen LogP contribution in [0.4, 0.5) is 0 Å². The van der Waals surface area contributed by atoms with Gasteiger partial charge in [0.05, 0.1) is 0 Å². The average Bonchev–Trinajstić information content (AvgIpc) is 3.49. The van der Waals surface area contributed by atoms with Gasteiger partial charge in [0.2, 0.25) is 0 Å². The van der Waals surface area contributed by atoms with E-state index in [1.54, 1.807) is 0 Å². The van der Waals surface area contributed by atoms with Crippen molar-refractivity contribution in [1.82, 2.24) is 0 Å². The molecule has 0 spiro atoms. The molecule has 0 bridgehead atoms. The van der Waals surface area contributed by atoms with E-state index in [1.807, 2.05) is 72.8 Å². The Morgan fingerprint density at radius 2 is 0.556 bits per heavy atom. The van der Waals surface area contributed by atoms with Gasteiger partial charge in [-0.2, -0.15) is 181 Å². The van der Waals surface area contributed by atoms with Gasteiger partial charge in [-0.05, 0) is 78.6 Å². The van der Waals surface area contributed by atoms with Gasteiger partial charge in [-0.3, -0.25) is 0 Å². The number of hydrogen-bond donors (Lipinski definition) is 0. The minimum Gasteiger partial charge on any atom is -0.184 e. The van der Waals surface area contributed by atoms with Gasteiger partial charge in [0.25, 0.3) is 0 Å². The molecule has 0 N–H and O–H groups in total. The van der Waals surface area contributed by atoms with Crippen LogP contribution in [0.15, 0.2) is 243 Å². The molecule has 0 saturated carbocycles. The summed E-state index contributed by atoms with van der Waals surface area (Å²) >= 11 is 0. The molecule has 0 aliphatic rings. The summed E-state index contributed by atoms with van der Waals surface area (Å²) in [6.07, 6.45) is 1.85. The molecule has 0 fully saturated rings. The molecule has 0 heterocycles. The fourth-order valence-electron chi connectivity index (χ4n) is 10.0. The van der Waals surface area contributed by atoms with Gasteiger partial charge in [-0.15, -0.1) is 44.8 Å². The summed E-state index contributed by atoms with van der Waals surface area (Å²) in [5, 5.41) is 10.4. The van der Waals surface area contributed by atoms with Crippen molar-refractivity contribution >= 4 is 43.1 Å². The standard InChI is InChI=1S/C28H20.C24H24.C20H12.3CH4.6K/c1-3-11-21(12-4-1)19-27-23-15-7-9-17-25(23)28(20-22-13-5-2-6-14-22)26-18-10-8-16-24(26)27;1-23(2,19-11-7-5-8-12-19)21-15-17-22(18-16-21)24(3,4)20-13-9-6-10-14-20;1-3-7-17-13-19(11-9-15(17)5-1)20-12-10-16-6-2-4-8-18(16)14-20;;;;;;;;;/h3-18H,19-20H2;7-18H,1-4H3;3-14H;3*1H4;;;;;;/q3*-2;;;;6*+1. The molecule has 12 aromatic rings. The van der Waals surface area contributed by atoms with E-state index in [9.17, 15) is 0 Å². The van der Waals surface area contributed by atoms with Crippen LogP contribution in [-0.2, 0) is 23.7 Å². The van der Waals surface area contributed by atoms with E-state index in [1.165, 1.54) is 98.7 Å². The Labute approximate surface area is 742 Å². The first-order valence-corrected chi connectivity index (χ1v) is 24.9. The quantitative estimate of drug-likeness (QED) is 0.118. The van der Waals surface area contributed by atoms with E-state index < -0.39 is 0 Å². The normalized spacial score (nSPS) is 10.2. The zero-order valence-corrected chi connectivity index (χ0v) is 66.2. The predicted octanol–water partition coefficient (Wildman–Crippen LogP) is 1.91. The van der Waals surface area contributed by atoms with Crippen LogP contribution in [0.25, 0.3) is 54.2 Å². The molecule has 12 rings (SSSR count). The zero-order valence-electron chi connectivity index (χ0n) is 47.5. The second kappa shape index (κ2) is 39.6. The van der Waals surface area contributed by atoms with Crippen molar-refractivity contribution in [2.75, 3.05) is 0 Å². The SMILES string of the molecule is C.C.C.CC(C)(c1cc[c-]cc1)c1ccc(C(C)(C)c2cc[c-]cc2)cc1.[K+].[K+].[K+].[K+].[K+].[K+].[c-]1ccc(Cc2c3ccccc3c(Cc3cc[c-]cc3)c3ccccc23)cc1.[c-]1ccc2cc(-c3ccc4c[c-]ccc4c3)ccc2c1. The van der Waals surface area contributed by atoms with Gasteiger partial charge in [0.15, 0.2) is 0 Å². The van der Waals surface area contributed by atoms with Crippen molar-refractivity contribution in [1.29, 1.82) is 0 Å². The number of rotatable bonds is 9. The van der Waals surface area contributed by atoms with Crippen molar-refractivity contribution in [2.24, 2.45) is 0 Å². The second-order valence-corrected chi connectivity index (χ2v) is 19.6. The van der Waals surface area contributed by atoms with Crippen molar-refractivity contribution < 1.29 is 308 Å². The minimum atomic E-state index is -0.0144. The van der Waals surface area contributed by atoms with Crippen LogP contribution in [0, 0.1) is 36.4 Å². The molecule has 12 aromatic carbocycles.